The molecule has 0 aliphatic rings. The lowest BCUT2D eigenvalue weighted by atomic mass is 9.95. The summed E-state index contributed by atoms with van der Waals surface area (Å²) in [5.74, 6) is -0.183. The Hall–Kier alpha value is -1.35. The maximum absolute atomic E-state index is 11.4. The minimum absolute atomic E-state index is 0.0346. The van der Waals surface area contributed by atoms with Gasteiger partial charge in [-0.05, 0) is 37.1 Å². The fourth-order valence-corrected chi connectivity index (χ4v) is 1.94. The number of hydrogen-bond acceptors (Lipinski definition) is 3. The Morgan fingerprint density at radius 1 is 1.41 bits per heavy atom. The summed E-state index contributed by atoms with van der Waals surface area (Å²) < 4.78 is 4.74. The standard InChI is InChI=1S/C14H21NO2/c1-5-15-13(9-14(16)17-4)12-8-6-7-10(2)11(12)3/h6-8,13,15H,5,9H2,1-4H3. The van der Waals surface area contributed by atoms with Crippen molar-refractivity contribution >= 4 is 5.97 Å². The Labute approximate surface area is 103 Å². The molecule has 1 atom stereocenters. The largest absolute Gasteiger partial charge is 0.469 e. The van der Waals surface area contributed by atoms with Gasteiger partial charge in [-0.3, -0.25) is 4.79 Å². The Morgan fingerprint density at radius 2 is 2.12 bits per heavy atom. The van der Waals surface area contributed by atoms with E-state index in [0.29, 0.717) is 6.42 Å². The number of methoxy groups -OCH3 is 1. The zero-order chi connectivity index (χ0) is 12.8. The van der Waals surface area contributed by atoms with E-state index in [-0.39, 0.29) is 12.0 Å². The van der Waals surface area contributed by atoms with Gasteiger partial charge in [0.2, 0.25) is 0 Å². The summed E-state index contributed by atoms with van der Waals surface area (Å²) in [5, 5.41) is 3.33. The predicted molar refractivity (Wildman–Crippen MR) is 69.0 cm³/mol. The molecular formula is C14H21NO2. The molecule has 0 aliphatic carbocycles. The first kappa shape index (κ1) is 13.7. The lowest BCUT2D eigenvalue weighted by Crippen LogP contribution is -2.25. The summed E-state index contributed by atoms with van der Waals surface area (Å²) in [6.45, 7) is 7.04. The lowest BCUT2D eigenvalue weighted by molar-refractivity contribution is -0.141. The molecule has 0 aromatic heterocycles. The van der Waals surface area contributed by atoms with Crippen molar-refractivity contribution in [2.45, 2.75) is 33.2 Å². The third kappa shape index (κ3) is 3.56. The highest BCUT2D eigenvalue weighted by molar-refractivity contribution is 5.70. The fourth-order valence-electron chi connectivity index (χ4n) is 1.94. The number of aryl methyl sites for hydroxylation is 1. The molecule has 0 radical (unpaired) electrons. The smallest absolute Gasteiger partial charge is 0.307 e. The van der Waals surface area contributed by atoms with E-state index in [2.05, 4.69) is 31.3 Å². The zero-order valence-corrected chi connectivity index (χ0v) is 11.0. The number of carbonyl (C=O) groups is 1. The Bertz CT molecular complexity index is 388. The van der Waals surface area contributed by atoms with E-state index >= 15 is 0 Å². The molecule has 0 bridgehead atoms. The van der Waals surface area contributed by atoms with Crippen molar-refractivity contribution in [1.29, 1.82) is 0 Å². The van der Waals surface area contributed by atoms with E-state index in [1.807, 2.05) is 13.0 Å². The van der Waals surface area contributed by atoms with Crippen LogP contribution in [0.3, 0.4) is 0 Å². The summed E-state index contributed by atoms with van der Waals surface area (Å²) in [5.41, 5.74) is 3.66. The van der Waals surface area contributed by atoms with Crippen LogP contribution in [0.4, 0.5) is 0 Å². The number of esters is 1. The SMILES string of the molecule is CCNC(CC(=O)OC)c1cccc(C)c1C. The topological polar surface area (TPSA) is 38.3 Å². The molecule has 94 valence electrons. The number of nitrogens with one attached hydrogen (secondary N) is 1. The van der Waals surface area contributed by atoms with Crippen LogP contribution in [0, 0.1) is 13.8 Å². The van der Waals surface area contributed by atoms with Crippen molar-refractivity contribution in [2.24, 2.45) is 0 Å². The summed E-state index contributed by atoms with van der Waals surface area (Å²) in [7, 11) is 1.43. The van der Waals surface area contributed by atoms with Crippen molar-refractivity contribution in [2.75, 3.05) is 13.7 Å². The maximum Gasteiger partial charge on any atom is 0.307 e. The molecule has 0 aliphatic heterocycles. The van der Waals surface area contributed by atoms with Crippen molar-refractivity contribution in [3.05, 3.63) is 34.9 Å². The molecule has 1 N–H and O–H groups in total. The van der Waals surface area contributed by atoms with E-state index < -0.39 is 0 Å². The van der Waals surface area contributed by atoms with Gasteiger partial charge in [0.05, 0.1) is 13.5 Å². The Morgan fingerprint density at radius 3 is 2.71 bits per heavy atom. The minimum Gasteiger partial charge on any atom is -0.469 e. The number of ether oxygens (including phenoxy) is 1. The lowest BCUT2D eigenvalue weighted by Gasteiger charge is -2.20. The minimum atomic E-state index is -0.183. The van der Waals surface area contributed by atoms with Crippen LogP contribution in [0.5, 0.6) is 0 Å². The van der Waals surface area contributed by atoms with Gasteiger partial charge in [0.15, 0.2) is 0 Å². The molecule has 3 nitrogen and oxygen atoms in total. The molecule has 1 aromatic carbocycles. The van der Waals surface area contributed by atoms with Crippen LogP contribution in [-0.2, 0) is 9.53 Å². The summed E-state index contributed by atoms with van der Waals surface area (Å²) in [6, 6.07) is 6.21. The van der Waals surface area contributed by atoms with Gasteiger partial charge in [-0.2, -0.15) is 0 Å². The second kappa shape index (κ2) is 6.40. The van der Waals surface area contributed by atoms with E-state index in [4.69, 9.17) is 4.74 Å². The average Bonchev–Trinajstić information content (AvgIpc) is 2.32. The number of rotatable bonds is 5. The number of benzene rings is 1. The second-order valence-electron chi connectivity index (χ2n) is 4.18. The average molecular weight is 235 g/mol. The number of carbonyl (C=O) groups excluding carboxylic acids is 1. The first-order valence-electron chi connectivity index (χ1n) is 5.96. The van der Waals surface area contributed by atoms with Gasteiger partial charge in [-0.25, -0.2) is 0 Å². The van der Waals surface area contributed by atoms with Gasteiger partial charge in [-0.1, -0.05) is 25.1 Å². The van der Waals surface area contributed by atoms with Crippen molar-refractivity contribution in [3.63, 3.8) is 0 Å². The molecular weight excluding hydrogens is 214 g/mol. The second-order valence-corrected chi connectivity index (χ2v) is 4.18. The molecule has 17 heavy (non-hydrogen) atoms. The third-order valence-corrected chi connectivity index (χ3v) is 3.07. The van der Waals surface area contributed by atoms with Crippen LogP contribution in [0.2, 0.25) is 0 Å². The van der Waals surface area contributed by atoms with Crippen LogP contribution >= 0.6 is 0 Å². The molecule has 0 saturated heterocycles. The molecule has 0 heterocycles. The normalized spacial score (nSPS) is 12.2. The van der Waals surface area contributed by atoms with E-state index in [0.717, 1.165) is 6.54 Å². The van der Waals surface area contributed by atoms with E-state index in [9.17, 15) is 4.79 Å². The maximum atomic E-state index is 11.4. The quantitative estimate of drug-likeness (QED) is 0.797. The Balaban J connectivity index is 2.96. The first-order valence-corrected chi connectivity index (χ1v) is 5.96. The Kier molecular flexibility index (Phi) is 5.16. The van der Waals surface area contributed by atoms with Crippen LogP contribution < -0.4 is 5.32 Å². The van der Waals surface area contributed by atoms with Gasteiger partial charge in [-0.15, -0.1) is 0 Å². The van der Waals surface area contributed by atoms with Crippen LogP contribution in [0.25, 0.3) is 0 Å². The highest BCUT2D eigenvalue weighted by Crippen LogP contribution is 2.23. The predicted octanol–water partition coefficient (Wildman–Crippen LogP) is 2.52. The molecule has 1 rings (SSSR count). The van der Waals surface area contributed by atoms with Gasteiger partial charge < -0.3 is 10.1 Å². The van der Waals surface area contributed by atoms with E-state index in [1.165, 1.54) is 23.8 Å². The summed E-state index contributed by atoms with van der Waals surface area (Å²) in [6.07, 6.45) is 0.370. The van der Waals surface area contributed by atoms with Crippen LogP contribution in [0.15, 0.2) is 18.2 Å². The molecule has 1 aromatic rings. The molecule has 0 spiro atoms. The highest BCUT2D eigenvalue weighted by Gasteiger charge is 2.17. The van der Waals surface area contributed by atoms with E-state index in [1.54, 1.807) is 0 Å². The molecule has 0 fully saturated rings. The first-order chi connectivity index (χ1) is 8.10. The molecule has 3 heteroatoms. The molecule has 0 amide bonds. The summed E-state index contributed by atoms with van der Waals surface area (Å²) >= 11 is 0. The van der Waals surface area contributed by atoms with Crippen molar-refractivity contribution < 1.29 is 9.53 Å². The summed E-state index contributed by atoms with van der Waals surface area (Å²) in [4.78, 5) is 11.4. The molecule has 0 saturated carbocycles. The fraction of sp³-hybridized carbons (Fsp3) is 0.500. The van der Waals surface area contributed by atoms with Gasteiger partial charge >= 0.3 is 5.97 Å². The van der Waals surface area contributed by atoms with Gasteiger partial charge in [0, 0.05) is 6.04 Å². The third-order valence-electron chi connectivity index (χ3n) is 3.07. The van der Waals surface area contributed by atoms with Crippen molar-refractivity contribution in [3.8, 4) is 0 Å². The zero-order valence-electron chi connectivity index (χ0n) is 11.0. The van der Waals surface area contributed by atoms with Gasteiger partial charge in [0.1, 0.15) is 0 Å². The monoisotopic (exact) mass is 235 g/mol. The highest BCUT2D eigenvalue weighted by atomic mass is 16.5. The van der Waals surface area contributed by atoms with Crippen LogP contribution in [-0.4, -0.2) is 19.6 Å². The molecule has 1 unspecified atom stereocenters. The number of hydrogen-bond donors (Lipinski definition) is 1. The van der Waals surface area contributed by atoms with Crippen LogP contribution in [0.1, 0.15) is 36.1 Å². The van der Waals surface area contributed by atoms with Crippen molar-refractivity contribution in [1.82, 2.24) is 5.32 Å². The van der Waals surface area contributed by atoms with Gasteiger partial charge in [0.25, 0.3) is 0 Å².